The fourth-order valence-electron chi connectivity index (χ4n) is 3.27. The number of hydrogen-bond donors (Lipinski definition) is 0. The summed E-state index contributed by atoms with van der Waals surface area (Å²) in [5, 5.41) is 0. The molecule has 1 aliphatic heterocycles. The molecule has 1 amide bonds. The predicted molar refractivity (Wildman–Crippen MR) is 105 cm³/mol. The van der Waals surface area contributed by atoms with Crippen LogP contribution < -0.4 is 0 Å². The van der Waals surface area contributed by atoms with Crippen molar-refractivity contribution in [1.29, 1.82) is 0 Å². The Bertz CT molecular complexity index is 960. The van der Waals surface area contributed by atoms with Gasteiger partial charge in [0.2, 0.25) is 0 Å². The van der Waals surface area contributed by atoms with E-state index in [-0.39, 0.29) is 24.5 Å². The number of carbonyl (C=O) groups excluding carboxylic acids is 2. The number of ether oxygens (including phenoxy) is 1. The van der Waals surface area contributed by atoms with Crippen molar-refractivity contribution in [3.05, 3.63) is 71.5 Å². The zero-order chi connectivity index (χ0) is 20.9. The molecule has 3 rings (SSSR count). The lowest BCUT2D eigenvalue weighted by Crippen LogP contribution is -2.42. The van der Waals surface area contributed by atoms with Gasteiger partial charge >= 0.3 is 5.97 Å². The molecule has 1 aliphatic rings. The maximum absolute atomic E-state index is 12.9. The first kappa shape index (κ1) is 21.0. The van der Waals surface area contributed by atoms with E-state index in [4.69, 9.17) is 4.74 Å². The van der Waals surface area contributed by atoms with Gasteiger partial charge in [-0.05, 0) is 29.7 Å². The summed E-state index contributed by atoms with van der Waals surface area (Å²) >= 11 is 0. The first-order chi connectivity index (χ1) is 13.8. The van der Waals surface area contributed by atoms with Crippen LogP contribution in [0.4, 0.5) is 4.39 Å². The average molecular weight is 419 g/mol. The van der Waals surface area contributed by atoms with Crippen molar-refractivity contribution in [3.63, 3.8) is 0 Å². The second kappa shape index (κ2) is 9.17. The Labute approximate surface area is 169 Å². The molecule has 1 fully saturated rings. The molecule has 1 saturated heterocycles. The zero-order valence-corrected chi connectivity index (χ0v) is 16.6. The highest BCUT2D eigenvalue weighted by molar-refractivity contribution is 7.91. The van der Waals surface area contributed by atoms with Gasteiger partial charge in [0, 0.05) is 12.6 Å². The lowest BCUT2D eigenvalue weighted by atomic mass is 10.1. The molecular formula is C21H22FNO5S. The average Bonchev–Trinajstić information content (AvgIpc) is 3.06. The second-order valence-electron chi connectivity index (χ2n) is 7.03. The number of rotatable bonds is 7. The van der Waals surface area contributed by atoms with Gasteiger partial charge in [-0.25, -0.2) is 12.8 Å². The van der Waals surface area contributed by atoms with E-state index in [1.54, 1.807) is 0 Å². The highest BCUT2D eigenvalue weighted by Gasteiger charge is 2.35. The fraction of sp³-hybridized carbons (Fsp3) is 0.333. The Morgan fingerprint density at radius 2 is 1.72 bits per heavy atom. The number of esters is 1. The van der Waals surface area contributed by atoms with Gasteiger partial charge in [-0.2, -0.15) is 0 Å². The van der Waals surface area contributed by atoms with Crippen molar-refractivity contribution < 1.29 is 27.1 Å². The Morgan fingerprint density at radius 3 is 2.34 bits per heavy atom. The lowest BCUT2D eigenvalue weighted by molar-refractivity contribution is -0.152. The van der Waals surface area contributed by atoms with Gasteiger partial charge in [0.25, 0.3) is 5.91 Å². The molecule has 8 heteroatoms. The monoisotopic (exact) mass is 419 g/mol. The summed E-state index contributed by atoms with van der Waals surface area (Å²) in [6.45, 7) is -0.223. The summed E-state index contributed by atoms with van der Waals surface area (Å²) in [6.07, 6.45) is 0.286. The Morgan fingerprint density at radius 1 is 1.03 bits per heavy atom. The van der Waals surface area contributed by atoms with Crippen LogP contribution in [0.15, 0.2) is 54.6 Å². The third-order valence-electron chi connectivity index (χ3n) is 4.78. The Balaban J connectivity index is 1.62. The minimum absolute atomic E-state index is 0.0423. The van der Waals surface area contributed by atoms with Gasteiger partial charge in [0.15, 0.2) is 16.4 Å². The summed E-state index contributed by atoms with van der Waals surface area (Å²) in [6, 6.07) is 14.2. The van der Waals surface area contributed by atoms with Crippen molar-refractivity contribution in [2.75, 3.05) is 18.1 Å². The molecule has 0 N–H and O–H groups in total. The van der Waals surface area contributed by atoms with Crippen LogP contribution in [-0.2, 0) is 37.1 Å². The Hall–Kier alpha value is -2.74. The summed E-state index contributed by atoms with van der Waals surface area (Å²) in [4.78, 5) is 26.3. The molecule has 0 spiro atoms. The normalized spacial score (nSPS) is 17.6. The van der Waals surface area contributed by atoms with Crippen molar-refractivity contribution in [2.24, 2.45) is 0 Å². The number of amides is 1. The van der Waals surface area contributed by atoms with Gasteiger partial charge in [-0.1, -0.05) is 42.5 Å². The van der Waals surface area contributed by atoms with E-state index < -0.39 is 40.2 Å². The van der Waals surface area contributed by atoms with Crippen LogP contribution in [0.3, 0.4) is 0 Å². The molecule has 29 heavy (non-hydrogen) atoms. The third-order valence-corrected chi connectivity index (χ3v) is 6.53. The molecule has 0 aromatic heterocycles. The zero-order valence-electron chi connectivity index (χ0n) is 15.8. The highest BCUT2D eigenvalue weighted by Crippen LogP contribution is 2.20. The number of sulfone groups is 1. The lowest BCUT2D eigenvalue weighted by Gasteiger charge is -2.28. The molecular weight excluding hydrogens is 397 g/mol. The van der Waals surface area contributed by atoms with Gasteiger partial charge in [0.05, 0.1) is 17.9 Å². The number of halogens is 1. The van der Waals surface area contributed by atoms with Crippen LogP contribution in [0, 0.1) is 5.82 Å². The Kier molecular flexibility index (Phi) is 6.64. The summed E-state index contributed by atoms with van der Waals surface area (Å²) in [5.74, 6) is -1.50. The molecule has 1 atom stereocenters. The first-order valence-electron chi connectivity index (χ1n) is 9.26. The quantitative estimate of drug-likeness (QED) is 0.643. The van der Waals surface area contributed by atoms with Gasteiger partial charge < -0.3 is 9.64 Å². The maximum Gasteiger partial charge on any atom is 0.310 e. The predicted octanol–water partition coefficient (Wildman–Crippen LogP) is 2.13. The van der Waals surface area contributed by atoms with E-state index in [9.17, 15) is 22.4 Å². The topological polar surface area (TPSA) is 80.8 Å². The molecule has 0 aliphatic carbocycles. The number of benzene rings is 2. The van der Waals surface area contributed by atoms with Crippen molar-refractivity contribution >= 4 is 21.7 Å². The molecule has 0 bridgehead atoms. The van der Waals surface area contributed by atoms with Crippen LogP contribution in [0.1, 0.15) is 17.5 Å². The van der Waals surface area contributed by atoms with E-state index in [0.29, 0.717) is 12.0 Å². The van der Waals surface area contributed by atoms with Gasteiger partial charge in [-0.15, -0.1) is 0 Å². The standard InChI is InChI=1S/C21H22FNO5S/c22-18-8-6-16(7-9-18)12-21(25)28-14-20(24)23(13-17-4-2-1-3-5-17)19-10-11-29(26,27)15-19/h1-9,19H,10-15H2/t19-/m1/s1. The molecule has 0 unspecified atom stereocenters. The van der Waals surface area contributed by atoms with Crippen LogP contribution in [0.2, 0.25) is 0 Å². The van der Waals surface area contributed by atoms with Gasteiger partial charge in [-0.3, -0.25) is 9.59 Å². The van der Waals surface area contributed by atoms with E-state index >= 15 is 0 Å². The fourth-order valence-corrected chi connectivity index (χ4v) is 5.00. The molecule has 2 aromatic rings. The molecule has 0 saturated carbocycles. The smallest absolute Gasteiger partial charge is 0.310 e. The van der Waals surface area contributed by atoms with Crippen LogP contribution >= 0.6 is 0 Å². The molecule has 2 aromatic carbocycles. The number of carbonyl (C=O) groups is 2. The maximum atomic E-state index is 12.9. The van der Waals surface area contributed by atoms with Gasteiger partial charge in [0.1, 0.15) is 5.82 Å². The third kappa shape index (κ3) is 6.12. The highest BCUT2D eigenvalue weighted by atomic mass is 32.2. The molecule has 0 radical (unpaired) electrons. The summed E-state index contributed by atoms with van der Waals surface area (Å²) in [7, 11) is -3.17. The summed E-state index contributed by atoms with van der Waals surface area (Å²) in [5.41, 5.74) is 1.44. The van der Waals surface area contributed by atoms with Crippen molar-refractivity contribution in [2.45, 2.75) is 25.4 Å². The van der Waals surface area contributed by atoms with Crippen LogP contribution in [-0.4, -0.2) is 49.3 Å². The minimum Gasteiger partial charge on any atom is -0.455 e. The number of hydrogen-bond acceptors (Lipinski definition) is 5. The van der Waals surface area contributed by atoms with E-state index in [2.05, 4.69) is 0 Å². The minimum atomic E-state index is -3.17. The van der Waals surface area contributed by atoms with E-state index in [1.807, 2.05) is 30.3 Å². The van der Waals surface area contributed by atoms with Crippen LogP contribution in [0.25, 0.3) is 0 Å². The summed E-state index contributed by atoms with van der Waals surface area (Å²) < 4.78 is 41.8. The van der Waals surface area contributed by atoms with Crippen LogP contribution in [0.5, 0.6) is 0 Å². The second-order valence-corrected chi connectivity index (χ2v) is 9.26. The van der Waals surface area contributed by atoms with E-state index in [1.165, 1.54) is 29.2 Å². The molecule has 154 valence electrons. The SMILES string of the molecule is O=C(Cc1ccc(F)cc1)OCC(=O)N(Cc1ccccc1)[C@@H]1CCS(=O)(=O)C1. The van der Waals surface area contributed by atoms with E-state index in [0.717, 1.165) is 5.56 Å². The molecule has 6 nitrogen and oxygen atoms in total. The largest absolute Gasteiger partial charge is 0.455 e. The first-order valence-corrected chi connectivity index (χ1v) is 11.1. The van der Waals surface area contributed by atoms with Crippen molar-refractivity contribution in [3.8, 4) is 0 Å². The number of nitrogens with zero attached hydrogens (tertiary/aromatic N) is 1. The molecule has 1 heterocycles. The van der Waals surface area contributed by atoms with Crippen molar-refractivity contribution in [1.82, 2.24) is 4.90 Å².